The van der Waals surface area contributed by atoms with Crippen molar-refractivity contribution in [3.05, 3.63) is 72.4 Å². The van der Waals surface area contributed by atoms with Crippen molar-refractivity contribution in [2.24, 2.45) is 4.99 Å². The predicted molar refractivity (Wildman–Crippen MR) is 119 cm³/mol. The molecule has 9 heteroatoms. The number of aromatic nitrogens is 2. The number of nitrogens with zero attached hydrogens (tertiary/aromatic N) is 5. The van der Waals surface area contributed by atoms with Crippen LogP contribution in [-0.4, -0.2) is 60.0 Å². The van der Waals surface area contributed by atoms with Gasteiger partial charge in [-0.3, -0.25) is 9.79 Å². The summed E-state index contributed by atoms with van der Waals surface area (Å²) >= 11 is 0. The maximum atomic E-state index is 12.2. The van der Waals surface area contributed by atoms with Crippen molar-refractivity contribution < 1.29 is 9.21 Å². The number of amides is 1. The van der Waals surface area contributed by atoms with E-state index in [0.29, 0.717) is 12.2 Å². The van der Waals surface area contributed by atoms with Crippen molar-refractivity contribution in [1.82, 2.24) is 20.2 Å². The smallest absolute Gasteiger partial charge is 0.291 e. The quantitative estimate of drug-likeness (QED) is 0.483. The molecular weight excluding hydrogens is 394 g/mol. The summed E-state index contributed by atoms with van der Waals surface area (Å²) in [5.74, 6) is 1.62. The minimum absolute atomic E-state index is 0.272. The highest BCUT2D eigenvalue weighted by molar-refractivity contribution is 6.02. The van der Waals surface area contributed by atoms with Gasteiger partial charge in [0.1, 0.15) is 0 Å². The van der Waals surface area contributed by atoms with Crippen molar-refractivity contribution in [3.8, 4) is 0 Å². The van der Waals surface area contributed by atoms with Crippen LogP contribution in [0.15, 0.2) is 70.5 Å². The molecule has 3 aromatic rings. The summed E-state index contributed by atoms with van der Waals surface area (Å²) in [4.78, 5) is 29.7. The fourth-order valence-electron chi connectivity index (χ4n) is 3.45. The first-order valence-electron chi connectivity index (χ1n) is 10.1. The molecular formula is C22H25N7O2. The molecule has 0 bridgehead atoms. The first-order valence-corrected chi connectivity index (χ1v) is 10.1. The summed E-state index contributed by atoms with van der Waals surface area (Å²) in [6.07, 6.45) is 5.01. The molecule has 1 saturated heterocycles. The van der Waals surface area contributed by atoms with E-state index in [1.54, 1.807) is 31.6 Å². The zero-order valence-electron chi connectivity index (χ0n) is 17.4. The third-order valence-corrected chi connectivity index (χ3v) is 5.01. The Morgan fingerprint density at radius 3 is 2.61 bits per heavy atom. The number of furan rings is 1. The summed E-state index contributed by atoms with van der Waals surface area (Å²) in [6.45, 7) is 3.92. The van der Waals surface area contributed by atoms with Crippen LogP contribution in [0.1, 0.15) is 16.1 Å². The molecule has 0 atom stereocenters. The molecule has 4 rings (SSSR count). The predicted octanol–water partition coefficient (Wildman–Crippen LogP) is 2.22. The van der Waals surface area contributed by atoms with E-state index in [-0.39, 0.29) is 11.7 Å². The van der Waals surface area contributed by atoms with Gasteiger partial charge in [0.05, 0.1) is 6.26 Å². The molecule has 2 N–H and O–H groups in total. The van der Waals surface area contributed by atoms with E-state index >= 15 is 0 Å². The van der Waals surface area contributed by atoms with Gasteiger partial charge in [-0.25, -0.2) is 9.97 Å². The topological polar surface area (TPSA) is 98.9 Å². The normalized spacial score (nSPS) is 14.4. The minimum Gasteiger partial charge on any atom is -0.459 e. The van der Waals surface area contributed by atoms with Gasteiger partial charge in [-0.15, -0.1) is 0 Å². The first kappa shape index (κ1) is 20.4. The molecule has 1 amide bonds. The highest BCUT2D eigenvalue weighted by Gasteiger charge is 2.21. The molecule has 3 heterocycles. The Labute approximate surface area is 180 Å². The van der Waals surface area contributed by atoms with Gasteiger partial charge in [0.25, 0.3) is 5.91 Å². The molecule has 9 nitrogen and oxygen atoms in total. The Morgan fingerprint density at radius 1 is 1.10 bits per heavy atom. The monoisotopic (exact) mass is 419 g/mol. The van der Waals surface area contributed by atoms with Crippen LogP contribution in [0.3, 0.4) is 0 Å². The lowest BCUT2D eigenvalue weighted by Gasteiger charge is -2.36. The number of rotatable bonds is 5. The number of hydrogen-bond donors (Lipinski definition) is 2. The highest BCUT2D eigenvalue weighted by Crippen LogP contribution is 2.14. The van der Waals surface area contributed by atoms with Gasteiger partial charge in [0.2, 0.25) is 5.95 Å². The zero-order valence-corrected chi connectivity index (χ0v) is 17.4. The number of carbonyl (C=O) groups excluding carboxylic acids is 1. The lowest BCUT2D eigenvalue weighted by atomic mass is 10.2. The van der Waals surface area contributed by atoms with Gasteiger partial charge in [-0.2, -0.15) is 0 Å². The van der Waals surface area contributed by atoms with Crippen LogP contribution in [-0.2, 0) is 6.54 Å². The maximum Gasteiger partial charge on any atom is 0.291 e. The Hall–Kier alpha value is -3.88. The lowest BCUT2D eigenvalue weighted by Crippen LogP contribution is -2.52. The molecule has 1 aromatic carbocycles. The average molecular weight is 419 g/mol. The fraction of sp³-hybridized carbons (Fsp3) is 0.273. The third kappa shape index (κ3) is 5.19. The second kappa shape index (κ2) is 9.75. The molecule has 31 heavy (non-hydrogen) atoms. The third-order valence-electron chi connectivity index (χ3n) is 5.01. The Morgan fingerprint density at radius 2 is 1.90 bits per heavy atom. The molecule has 160 valence electrons. The Kier molecular flexibility index (Phi) is 6.41. The van der Waals surface area contributed by atoms with E-state index < -0.39 is 0 Å². The lowest BCUT2D eigenvalue weighted by molar-refractivity contribution is 0.0996. The minimum atomic E-state index is -0.272. The standard InChI is InChI=1S/C22H25N7O2/c1-23-21(28-10-12-29(13-11-28)22-24-8-4-9-25-22)26-16-17-5-2-6-18(15-17)27-20(30)19-7-3-14-31-19/h2-9,14-15H,10-13,16H2,1H3,(H,23,26)(H,27,30). The largest absolute Gasteiger partial charge is 0.459 e. The maximum absolute atomic E-state index is 12.2. The number of carbonyl (C=O) groups is 1. The van der Waals surface area contributed by atoms with Crippen molar-refractivity contribution in [2.45, 2.75) is 6.54 Å². The van der Waals surface area contributed by atoms with Gasteiger partial charge in [0.15, 0.2) is 11.7 Å². The number of guanidine groups is 1. The van der Waals surface area contributed by atoms with Crippen molar-refractivity contribution in [3.63, 3.8) is 0 Å². The summed E-state index contributed by atoms with van der Waals surface area (Å²) in [5, 5.41) is 6.26. The molecule has 0 saturated carbocycles. The van der Waals surface area contributed by atoms with Gasteiger partial charge < -0.3 is 24.9 Å². The van der Waals surface area contributed by atoms with Crippen LogP contribution >= 0.6 is 0 Å². The number of benzene rings is 1. The molecule has 0 aliphatic carbocycles. The van der Waals surface area contributed by atoms with Crippen LogP contribution in [0, 0.1) is 0 Å². The first-order chi connectivity index (χ1) is 15.2. The van der Waals surface area contributed by atoms with Crippen LogP contribution in [0.2, 0.25) is 0 Å². The van der Waals surface area contributed by atoms with Crippen molar-refractivity contribution in [2.75, 3.05) is 43.4 Å². The summed E-state index contributed by atoms with van der Waals surface area (Å²) < 4.78 is 5.14. The Bertz CT molecular complexity index is 1010. The van der Waals surface area contributed by atoms with Crippen LogP contribution < -0.4 is 15.5 Å². The molecule has 0 spiro atoms. The molecule has 1 aliphatic rings. The van der Waals surface area contributed by atoms with Crippen LogP contribution in [0.5, 0.6) is 0 Å². The summed E-state index contributed by atoms with van der Waals surface area (Å²) in [6, 6.07) is 12.9. The van der Waals surface area contributed by atoms with E-state index in [2.05, 4.69) is 35.4 Å². The summed E-state index contributed by atoms with van der Waals surface area (Å²) in [7, 11) is 1.79. The van der Waals surface area contributed by atoms with Gasteiger partial charge in [-0.05, 0) is 35.9 Å². The van der Waals surface area contributed by atoms with Crippen molar-refractivity contribution in [1.29, 1.82) is 0 Å². The van der Waals surface area contributed by atoms with E-state index in [4.69, 9.17) is 4.42 Å². The van der Waals surface area contributed by atoms with Gasteiger partial charge in [-0.1, -0.05) is 12.1 Å². The van der Waals surface area contributed by atoms with Crippen LogP contribution in [0.4, 0.5) is 11.6 Å². The van der Waals surface area contributed by atoms with E-state index in [1.165, 1.54) is 6.26 Å². The second-order valence-electron chi connectivity index (χ2n) is 7.06. The number of hydrogen-bond acceptors (Lipinski definition) is 6. The van der Waals surface area contributed by atoms with E-state index in [0.717, 1.165) is 43.7 Å². The van der Waals surface area contributed by atoms with Crippen LogP contribution in [0.25, 0.3) is 0 Å². The fourth-order valence-corrected chi connectivity index (χ4v) is 3.45. The van der Waals surface area contributed by atoms with Gasteiger partial charge >= 0.3 is 0 Å². The number of aliphatic imine (C=N–C) groups is 1. The Balaban J connectivity index is 1.30. The number of anilines is 2. The number of nitrogens with one attached hydrogen (secondary N) is 2. The molecule has 2 aromatic heterocycles. The summed E-state index contributed by atoms with van der Waals surface area (Å²) in [5.41, 5.74) is 1.75. The molecule has 1 aliphatic heterocycles. The van der Waals surface area contributed by atoms with E-state index in [1.807, 2.05) is 30.3 Å². The SMILES string of the molecule is CN=C(NCc1cccc(NC(=O)c2ccco2)c1)N1CCN(c2ncccn2)CC1. The number of piperazine rings is 1. The molecule has 1 fully saturated rings. The second-order valence-corrected chi connectivity index (χ2v) is 7.06. The molecule has 0 radical (unpaired) electrons. The van der Waals surface area contributed by atoms with Gasteiger partial charge in [0, 0.05) is 57.9 Å². The molecule has 0 unspecified atom stereocenters. The highest BCUT2D eigenvalue weighted by atomic mass is 16.3. The average Bonchev–Trinajstić information content (AvgIpc) is 3.36. The zero-order chi connectivity index (χ0) is 21.5. The van der Waals surface area contributed by atoms with Crippen molar-refractivity contribution >= 4 is 23.5 Å². The van der Waals surface area contributed by atoms with E-state index in [9.17, 15) is 4.79 Å².